The number of para-hydroxylation sites is 2. The van der Waals surface area contributed by atoms with Crippen LogP contribution in [-0.2, 0) is 14.1 Å². The van der Waals surface area contributed by atoms with Crippen LogP contribution >= 0.6 is 0 Å². The summed E-state index contributed by atoms with van der Waals surface area (Å²) in [6.45, 7) is 3.10. The number of rotatable bonds is 4. The van der Waals surface area contributed by atoms with Crippen molar-refractivity contribution < 1.29 is 9.47 Å². The van der Waals surface area contributed by atoms with Crippen molar-refractivity contribution in [2.75, 3.05) is 24.6 Å². The zero-order chi connectivity index (χ0) is 18.8. The molecule has 1 aliphatic heterocycles. The highest BCUT2D eigenvalue weighted by atomic mass is 16.6. The minimum atomic E-state index is -0.602. The van der Waals surface area contributed by atoms with Crippen molar-refractivity contribution in [3.8, 4) is 17.6 Å². The van der Waals surface area contributed by atoms with E-state index in [2.05, 4.69) is 0 Å². The number of nitrogens with zero attached hydrogens (tertiary/aromatic N) is 4. The van der Waals surface area contributed by atoms with Gasteiger partial charge in [0.25, 0.3) is 5.56 Å². The van der Waals surface area contributed by atoms with E-state index in [4.69, 9.17) is 9.47 Å². The topological polar surface area (TPSA) is 89.5 Å². The highest BCUT2D eigenvalue weighted by Gasteiger charge is 2.26. The molecule has 0 saturated carbocycles. The Balaban J connectivity index is 1.95. The van der Waals surface area contributed by atoms with Crippen LogP contribution in [0.15, 0.2) is 33.9 Å². The standard InChI is InChI=1S/C18H20N4O4/c1-4-22(10-12-11-25-14-7-5-6-8-15(14)26-12)16-13(9-19)17(23)21(3)18(24)20(16)2/h5-8,12H,4,10-11H2,1-3H3/t12-/m0/s1. The Morgan fingerprint density at radius 1 is 1.23 bits per heavy atom. The molecule has 2 heterocycles. The lowest BCUT2D eigenvalue weighted by Gasteiger charge is -2.32. The number of hydrogen-bond acceptors (Lipinski definition) is 6. The molecule has 2 aromatic rings. The summed E-state index contributed by atoms with van der Waals surface area (Å²) in [6.07, 6.45) is -0.296. The quantitative estimate of drug-likeness (QED) is 0.798. The number of ether oxygens (including phenoxy) is 2. The molecule has 1 atom stereocenters. The Morgan fingerprint density at radius 2 is 1.92 bits per heavy atom. The van der Waals surface area contributed by atoms with Crippen LogP contribution in [0.4, 0.5) is 5.82 Å². The van der Waals surface area contributed by atoms with Crippen molar-refractivity contribution in [3.05, 3.63) is 50.7 Å². The van der Waals surface area contributed by atoms with Gasteiger partial charge in [-0.05, 0) is 19.1 Å². The van der Waals surface area contributed by atoms with Crippen LogP contribution < -0.4 is 25.6 Å². The smallest absolute Gasteiger partial charge is 0.332 e. The molecule has 1 aliphatic rings. The molecule has 0 fully saturated rings. The third-order valence-corrected chi connectivity index (χ3v) is 4.42. The van der Waals surface area contributed by atoms with Gasteiger partial charge >= 0.3 is 5.69 Å². The molecule has 0 bridgehead atoms. The van der Waals surface area contributed by atoms with Gasteiger partial charge < -0.3 is 14.4 Å². The number of anilines is 1. The van der Waals surface area contributed by atoms with Gasteiger partial charge in [0.15, 0.2) is 23.2 Å². The SMILES string of the molecule is CCN(C[C@H]1COc2ccccc2O1)c1c(C#N)c(=O)n(C)c(=O)n1C. The van der Waals surface area contributed by atoms with Crippen molar-refractivity contribution in [2.45, 2.75) is 13.0 Å². The van der Waals surface area contributed by atoms with Crippen molar-refractivity contribution >= 4 is 5.82 Å². The van der Waals surface area contributed by atoms with E-state index in [1.807, 2.05) is 37.3 Å². The molecule has 136 valence electrons. The van der Waals surface area contributed by atoms with Gasteiger partial charge in [0.05, 0.1) is 6.54 Å². The molecule has 0 radical (unpaired) electrons. The molecule has 0 unspecified atom stereocenters. The highest BCUT2D eigenvalue weighted by Crippen LogP contribution is 2.31. The molecule has 0 saturated heterocycles. The summed E-state index contributed by atoms with van der Waals surface area (Å²) in [5, 5.41) is 9.46. The first-order chi connectivity index (χ1) is 12.5. The summed E-state index contributed by atoms with van der Waals surface area (Å²) >= 11 is 0. The van der Waals surface area contributed by atoms with E-state index in [0.717, 1.165) is 4.57 Å². The van der Waals surface area contributed by atoms with Gasteiger partial charge in [-0.2, -0.15) is 5.26 Å². The van der Waals surface area contributed by atoms with Gasteiger partial charge in [-0.3, -0.25) is 13.9 Å². The summed E-state index contributed by atoms with van der Waals surface area (Å²) < 4.78 is 13.9. The third kappa shape index (κ3) is 2.92. The van der Waals surface area contributed by atoms with Crippen LogP contribution in [0.25, 0.3) is 0 Å². The number of likely N-dealkylation sites (N-methyl/N-ethyl adjacent to an activating group) is 1. The van der Waals surface area contributed by atoms with Crippen molar-refractivity contribution in [2.24, 2.45) is 14.1 Å². The summed E-state index contributed by atoms with van der Waals surface area (Å²) in [7, 11) is 2.91. The van der Waals surface area contributed by atoms with Crippen LogP contribution in [0.1, 0.15) is 12.5 Å². The minimum absolute atomic E-state index is 0.0615. The van der Waals surface area contributed by atoms with Gasteiger partial charge in [-0.25, -0.2) is 4.79 Å². The Bertz CT molecular complexity index is 986. The molecule has 3 rings (SSSR count). The maximum absolute atomic E-state index is 12.3. The summed E-state index contributed by atoms with van der Waals surface area (Å²) in [5.74, 6) is 1.63. The second kappa shape index (κ2) is 6.96. The molecule has 8 nitrogen and oxygen atoms in total. The van der Waals surface area contributed by atoms with E-state index in [9.17, 15) is 14.9 Å². The van der Waals surface area contributed by atoms with Crippen LogP contribution in [0.3, 0.4) is 0 Å². The maximum Gasteiger partial charge on any atom is 0.332 e. The lowest BCUT2D eigenvalue weighted by molar-refractivity contribution is 0.0951. The fourth-order valence-electron chi connectivity index (χ4n) is 3.07. The van der Waals surface area contributed by atoms with Gasteiger partial charge in [-0.1, -0.05) is 12.1 Å². The first-order valence-electron chi connectivity index (χ1n) is 8.31. The molecular weight excluding hydrogens is 336 g/mol. The van der Waals surface area contributed by atoms with E-state index in [-0.39, 0.29) is 11.7 Å². The normalized spacial score (nSPS) is 15.4. The molecule has 0 amide bonds. The first-order valence-corrected chi connectivity index (χ1v) is 8.31. The van der Waals surface area contributed by atoms with E-state index >= 15 is 0 Å². The average molecular weight is 356 g/mol. The summed E-state index contributed by atoms with van der Waals surface area (Å²) in [4.78, 5) is 26.4. The lowest BCUT2D eigenvalue weighted by Crippen LogP contribution is -2.46. The first kappa shape index (κ1) is 17.6. The third-order valence-electron chi connectivity index (χ3n) is 4.42. The molecule has 26 heavy (non-hydrogen) atoms. The van der Waals surface area contributed by atoms with Gasteiger partial charge in [-0.15, -0.1) is 0 Å². The highest BCUT2D eigenvalue weighted by molar-refractivity contribution is 5.53. The second-order valence-corrected chi connectivity index (χ2v) is 6.05. The molecule has 0 N–H and O–H groups in total. The Labute approximate surface area is 150 Å². The van der Waals surface area contributed by atoms with E-state index < -0.39 is 11.2 Å². The molecule has 8 heteroatoms. The Morgan fingerprint density at radius 3 is 2.58 bits per heavy atom. The molecule has 1 aromatic carbocycles. The zero-order valence-corrected chi connectivity index (χ0v) is 14.9. The minimum Gasteiger partial charge on any atom is -0.486 e. The Kier molecular flexibility index (Phi) is 4.71. The molecular formula is C18H20N4O4. The van der Waals surface area contributed by atoms with Crippen molar-refractivity contribution in [3.63, 3.8) is 0 Å². The fraction of sp³-hybridized carbons (Fsp3) is 0.389. The predicted octanol–water partition coefficient (Wildman–Crippen LogP) is 0.622. The number of fused-ring (bicyclic) bond motifs is 1. The van der Waals surface area contributed by atoms with E-state index in [1.54, 1.807) is 11.9 Å². The van der Waals surface area contributed by atoms with Crippen LogP contribution in [0, 0.1) is 11.3 Å². The number of aromatic nitrogens is 2. The largest absolute Gasteiger partial charge is 0.486 e. The van der Waals surface area contributed by atoms with E-state index in [0.29, 0.717) is 37.0 Å². The van der Waals surface area contributed by atoms with Gasteiger partial charge in [0.2, 0.25) is 0 Å². The van der Waals surface area contributed by atoms with Crippen LogP contribution in [0.5, 0.6) is 11.5 Å². The van der Waals surface area contributed by atoms with Gasteiger partial charge in [0.1, 0.15) is 18.5 Å². The van der Waals surface area contributed by atoms with Gasteiger partial charge in [0, 0.05) is 20.6 Å². The van der Waals surface area contributed by atoms with E-state index in [1.165, 1.54) is 11.6 Å². The number of hydrogen-bond donors (Lipinski definition) is 0. The van der Waals surface area contributed by atoms with Crippen molar-refractivity contribution in [1.82, 2.24) is 9.13 Å². The summed E-state index contributed by atoms with van der Waals surface area (Å²) in [6, 6.07) is 9.33. The second-order valence-electron chi connectivity index (χ2n) is 6.05. The number of benzene rings is 1. The monoisotopic (exact) mass is 356 g/mol. The van der Waals surface area contributed by atoms with Crippen LogP contribution in [-0.4, -0.2) is 34.9 Å². The predicted molar refractivity (Wildman–Crippen MR) is 95.9 cm³/mol. The molecule has 1 aromatic heterocycles. The lowest BCUT2D eigenvalue weighted by atomic mass is 10.2. The van der Waals surface area contributed by atoms with Crippen LogP contribution in [0.2, 0.25) is 0 Å². The number of nitriles is 1. The Hall–Kier alpha value is -3.21. The average Bonchev–Trinajstić information content (AvgIpc) is 2.67. The maximum atomic E-state index is 12.3. The summed E-state index contributed by atoms with van der Waals surface area (Å²) in [5.41, 5.74) is -1.14. The fourth-order valence-corrected chi connectivity index (χ4v) is 3.07. The zero-order valence-electron chi connectivity index (χ0n) is 14.9. The molecule has 0 aliphatic carbocycles. The van der Waals surface area contributed by atoms with Crippen molar-refractivity contribution in [1.29, 1.82) is 5.26 Å². The molecule has 0 spiro atoms.